The van der Waals surface area contributed by atoms with Gasteiger partial charge in [0.05, 0.1) is 0 Å². The molecule has 0 bridgehead atoms. The fourth-order valence-electron chi connectivity index (χ4n) is 0.628. The highest BCUT2D eigenvalue weighted by molar-refractivity contribution is 5.84. The van der Waals surface area contributed by atoms with Gasteiger partial charge in [0.1, 0.15) is 0 Å². The number of rotatable bonds is 4. The van der Waals surface area contributed by atoms with Gasteiger partial charge in [-0.05, 0) is 0 Å². The molecule has 0 aromatic rings. The minimum atomic E-state index is -1.48. The summed E-state index contributed by atoms with van der Waals surface area (Å²) in [6.45, 7) is 5.87. The highest BCUT2D eigenvalue weighted by atomic mass is 16.6. The Labute approximate surface area is 65.1 Å². The Kier molecular flexibility index (Phi) is 2.92. The molecule has 0 rings (SSSR count). The van der Waals surface area contributed by atoms with Crippen LogP contribution in [-0.4, -0.2) is 16.2 Å². The SMILES string of the molecule is C=CCC(C)(C(C)=O)[N+](=O)[O-]. The largest absolute Gasteiger partial charge is 0.292 e. The van der Waals surface area contributed by atoms with E-state index in [-0.39, 0.29) is 6.42 Å². The third-order valence-corrected chi connectivity index (χ3v) is 1.70. The Morgan fingerprint density at radius 1 is 1.82 bits per heavy atom. The molecule has 1 unspecified atom stereocenters. The van der Waals surface area contributed by atoms with Gasteiger partial charge >= 0.3 is 0 Å². The van der Waals surface area contributed by atoms with Crippen LogP contribution in [0, 0.1) is 10.1 Å². The van der Waals surface area contributed by atoms with Crippen molar-refractivity contribution in [2.75, 3.05) is 0 Å². The fourth-order valence-corrected chi connectivity index (χ4v) is 0.628. The number of nitro groups is 1. The average molecular weight is 157 g/mol. The van der Waals surface area contributed by atoms with Crippen LogP contribution in [-0.2, 0) is 4.79 Å². The van der Waals surface area contributed by atoms with Crippen LogP contribution in [0.15, 0.2) is 12.7 Å². The third kappa shape index (κ3) is 1.86. The molecule has 4 heteroatoms. The number of Topliss-reactive ketones (excluding diaryl/α,β-unsaturated/α-hetero) is 1. The molecular weight excluding hydrogens is 146 g/mol. The third-order valence-electron chi connectivity index (χ3n) is 1.70. The topological polar surface area (TPSA) is 60.2 Å². The summed E-state index contributed by atoms with van der Waals surface area (Å²) < 4.78 is 0. The van der Waals surface area contributed by atoms with Gasteiger partial charge in [-0.1, -0.05) is 6.08 Å². The standard InChI is InChI=1S/C7H11NO3/c1-4-5-7(3,6(2)9)8(10)11/h4H,1,5H2,2-3H3. The van der Waals surface area contributed by atoms with Crippen molar-refractivity contribution in [3.63, 3.8) is 0 Å². The highest BCUT2D eigenvalue weighted by Gasteiger charge is 2.41. The minimum Gasteiger partial charge on any atom is -0.292 e. The summed E-state index contributed by atoms with van der Waals surface area (Å²) >= 11 is 0. The van der Waals surface area contributed by atoms with Crippen LogP contribution >= 0.6 is 0 Å². The maximum Gasteiger partial charge on any atom is 0.279 e. The Morgan fingerprint density at radius 2 is 2.27 bits per heavy atom. The first kappa shape index (κ1) is 9.81. The summed E-state index contributed by atoms with van der Waals surface area (Å²) in [6.07, 6.45) is 1.46. The van der Waals surface area contributed by atoms with E-state index in [1.54, 1.807) is 0 Å². The quantitative estimate of drug-likeness (QED) is 0.350. The molecule has 0 N–H and O–H groups in total. The normalized spacial score (nSPS) is 15.1. The molecular formula is C7H11NO3. The van der Waals surface area contributed by atoms with E-state index in [4.69, 9.17) is 0 Å². The molecule has 0 aliphatic heterocycles. The second-order valence-corrected chi connectivity index (χ2v) is 2.58. The number of carbonyl (C=O) groups excluding carboxylic acids is 1. The van der Waals surface area contributed by atoms with Crippen LogP contribution in [0.25, 0.3) is 0 Å². The Bertz CT molecular complexity index is 184. The van der Waals surface area contributed by atoms with E-state index >= 15 is 0 Å². The number of hydrogen-bond donors (Lipinski definition) is 0. The lowest BCUT2D eigenvalue weighted by molar-refractivity contribution is -0.546. The Balaban J connectivity index is 4.65. The van der Waals surface area contributed by atoms with Crippen molar-refractivity contribution in [1.82, 2.24) is 0 Å². The molecule has 0 aromatic carbocycles. The zero-order valence-electron chi connectivity index (χ0n) is 6.66. The average Bonchev–Trinajstić information content (AvgIpc) is 1.87. The van der Waals surface area contributed by atoms with Crippen molar-refractivity contribution < 1.29 is 9.72 Å². The van der Waals surface area contributed by atoms with Crippen molar-refractivity contribution in [3.8, 4) is 0 Å². The maximum absolute atomic E-state index is 10.8. The van der Waals surface area contributed by atoms with Gasteiger partial charge in [0.2, 0.25) is 5.78 Å². The molecule has 0 saturated carbocycles. The molecule has 1 atom stereocenters. The Hall–Kier alpha value is -1.19. The van der Waals surface area contributed by atoms with E-state index in [1.807, 2.05) is 0 Å². The van der Waals surface area contributed by atoms with E-state index in [2.05, 4.69) is 6.58 Å². The van der Waals surface area contributed by atoms with Crippen LogP contribution in [0.4, 0.5) is 0 Å². The molecule has 0 amide bonds. The van der Waals surface area contributed by atoms with E-state index in [1.165, 1.54) is 19.9 Å². The van der Waals surface area contributed by atoms with Gasteiger partial charge in [-0.2, -0.15) is 0 Å². The Morgan fingerprint density at radius 3 is 2.36 bits per heavy atom. The number of hydrogen-bond acceptors (Lipinski definition) is 3. The molecule has 0 fully saturated rings. The molecule has 0 aliphatic rings. The van der Waals surface area contributed by atoms with Gasteiger partial charge in [0.25, 0.3) is 5.54 Å². The van der Waals surface area contributed by atoms with Crippen LogP contribution in [0.5, 0.6) is 0 Å². The number of ketones is 1. The van der Waals surface area contributed by atoms with Crippen molar-refractivity contribution in [1.29, 1.82) is 0 Å². The molecule has 0 saturated heterocycles. The van der Waals surface area contributed by atoms with Gasteiger partial charge in [-0.3, -0.25) is 14.9 Å². The van der Waals surface area contributed by atoms with E-state index in [0.29, 0.717) is 0 Å². The van der Waals surface area contributed by atoms with E-state index < -0.39 is 16.2 Å². The summed E-state index contributed by atoms with van der Waals surface area (Å²) in [5, 5.41) is 10.4. The molecule has 62 valence electrons. The van der Waals surface area contributed by atoms with Crippen molar-refractivity contribution in [3.05, 3.63) is 22.8 Å². The van der Waals surface area contributed by atoms with Crippen molar-refractivity contribution >= 4 is 5.78 Å². The number of nitrogens with zero attached hydrogens (tertiary/aromatic N) is 1. The zero-order chi connectivity index (χ0) is 9.07. The first-order chi connectivity index (χ1) is 4.95. The van der Waals surface area contributed by atoms with Crippen LogP contribution in [0.1, 0.15) is 20.3 Å². The van der Waals surface area contributed by atoms with E-state index in [0.717, 1.165) is 0 Å². The summed E-state index contributed by atoms with van der Waals surface area (Å²) in [7, 11) is 0. The second kappa shape index (κ2) is 3.27. The predicted molar refractivity (Wildman–Crippen MR) is 40.9 cm³/mol. The van der Waals surface area contributed by atoms with Gasteiger partial charge in [-0.25, -0.2) is 0 Å². The van der Waals surface area contributed by atoms with Crippen molar-refractivity contribution in [2.45, 2.75) is 25.8 Å². The second-order valence-electron chi connectivity index (χ2n) is 2.58. The molecule has 11 heavy (non-hydrogen) atoms. The van der Waals surface area contributed by atoms with Gasteiger partial charge in [-0.15, -0.1) is 6.58 Å². The summed E-state index contributed by atoms with van der Waals surface area (Å²) in [6, 6.07) is 0. The van der Waals surface area contributed by atoms with Crippen LogP contribution in [0.3, 0.4) is 0 Å². The highest BCUT2D eigenvalue weighted by Crippen LogP contribution is 2.15. The lowest BCUT2D eigenvalue weighted by Crippen LogP contribution is -2.41. The number of carbonyl (C=O) groups is 1. The minimum absolute atomic E-state index is 0.0787. The fraction of sp³-hybridized carbons (Fsp3) is 0.571. The summed E-state index contributed by atoms with van der Waals surface area (Å²) in [5.74, 6) is -0.442. The summed E-state index contributed by atoms with van der Waals surface area (Å²) in [5.41, 5.74) is -1.48. The van der Waals surface area contributed by atoms with Gasteiger partial charge in [0.15, 0.2) is 0 Å². The van der Waals surface area contributed by atoms with E-state index in [9.17, 15) is 14.9 Å². The lowest BCUT2D eigenvalue weighted by atomic mass is 9.94. The van der Waals surface area contributed by atoms with Crippen LogP contribution in [0.2, 0.25) is 0 Å². The monoisotopic (exact) mass is 157 g/mol. The smallest absolute Gasteiger partial charge is 0.279 e. The van der Waals surface area contributed by atoms with Gasteiger partial charge < -0.3 is 0 Å². The maximum atomic E-state index is 10.8. The van der Waals surface area contributed by atoms with Crippen LogP contribution < -0.4 is 0 Å². The molecule has 0 aliphatic carbocycles. The van der Waals surface area contributed by atoms with Crippen molar-refractivity contribution in [2.24, 2.45) is 0 Å². The predicted octanol–water partition coefficient (Wildman–Crippen LogP) is 1.19. The zero-order valence-corrected chi connectivity index (χ0v) is 6.66. The van der Waals surface area contributed by atoms with Gasteiger partial charge in [0, 0.05) is 25.2 Å². The molecule has 0 heterocycles. The lowest BCUT2D eigenvalue weighted by Gasteiger charge is -2.14. The summed E-state index contributed by atoms with van der Waals surface area (Å²) in [4.78, 5) is 20.6. The molecule has 0 radical (unpaired) electrons. The first-order valence-electron chi connectivity index (χ1n) is 3.21. The first-order valence-corrected chi connectivity index (χ1v) is 3.21. The molecule has 0 aromatic heterocycles. The molecule has 0 spiro atoms. The molecule has 4 nitrogen and oxygen atoms in total.